The number of likely N-dealkylation sites (N-methyl/N-ethyl adjacent to an activating group) is 1. The van der Waals surface area contributed by atoms with E-state index in [-0.39, 0.29) is 0 Å². The summed E-state index contributed by atoms with van der Waals surface area (Å²) in [7, 11) is 1.96. The zero-order chi connectivity index (χ0) is 10.8. The number of halogens is 1. The number of nitrogens with one attached hydrogen (secondary N) is 1. The number of rotatable bonds is 3. The minimum absolute atomic E-state index is 0.429. The van der Waals surface area contributed by atoms with E-state index in [9.17, 15) is 0 Å². The Morgan fingerprint density at radius 2 is 2.40 bits per heavy atom. The molecule has 0 aromatic carbocycles. The zero-order valence-electron chi connectivity index (χ0n) is 8.87. The van der Waals surface area contributed by atoms with Gasteiger partial charge in [0.2, 0.25) is 0 Å². The SMILES string of the molecule is CNC(C)Cn1ccc2cc(Cl)cnc21. The monoisotopic (exact) mass is 223 g/mol. The molecule has 1 unspecified atom stereocenters. The number of aromatic nitrogens is 2. The summed E-state index contributed by atoms with van der Waals surface area (Å²) in [6.45, 7) is 3.05. The van der Waals surface area contributed by atoms with Gasteiger partial charge < -0.3 is 9.88 Å². The molecule has 0 spiro atoms. The van der Waals surface area contributed by atoms with Crippen molar-refractivity contribution in [2.75, 3.05) is 7.05 Å². The zero-order valence-corrected chi connectivity index (χ0v) is 9.62. The van der Waals surface area contributed by atoms with E-state index >= 15 is 0 Å². The molecule has 0 bridgehead atoms. The molecule has 2 aromatic heterocycles. The van der Waals surface area contributed by atoms with E-state index in [1.807, 2.05) is 25.4 Å². The number of hydrogen-bond acceptors (Lipinski definition) is 2. The molecule has 0 saturated carbocycles. The van der Waals surface area contributed by atoms with Gasteiger partial charge in [0.25, 0.3) is 0 Å². The number of pyridine rings is 1. The van der Waals surface area contributed by atoms with Gasteiger partial charge in [-0.2, -0.15) is 0 Å². The fourth-order valence-corrected chi connectivity index (χ4v) is 1.75. The second-order valence-electron chi connectivity index (χ2n) is 3.72. The van der Waals surface area contributed by atoms with Crippen LogP contribution < -0.4 is 5.32 Å². The third-order valence-electron chi connectivity index (χ3n) is 2.53. The van der Waals surface area contributed by atoms with Crippen molar-refractivity contribution in [2.24, 2.45) is 0 Å². The highest BCUT2D eigenvalue weighted by atomic mass is 35.5. The Morgan fingerprint density at radius 1 is 1.60 bits per heavy atom. The summed E-state index contributed by atoms with van der Waals surface area (Å²) in [5, 5.41) is 4.98. The van der Waals surface area contributed by atoms with Crippen LogP contribution in [0.15, 0.2) is 24.5 Å². The first-order valence-electron chi connectivity index (χ1n) is 4.98. The molecule has 0 saturated heterocycles. The van der Waals surface area contributed by atoms with Crippen LogP contribution in [-0.2, 0) is 6.54 Å². The van der Waals surface area contributed by atoms with E-state index in [1.165, 1.54) is 0 Å². The van der Waals surface area contributed by atoms with Crippen LogP contribution in [-0.4, -0.2) is 22.6 Å². The molecule has 2 heterocycles. The number of hydrogen-bond donors (Lipinski definition) is 1. The van der Waals surface area contributed by atoms with Crippen molar-refractivity contribution in [1.82, 2.24) is 14.9 Å². The topological polar surface area (TPSA) is 29.9 Å². The van der Waals surface area contributed by atoms with Crippen LogP contribution in [0.2, 0.25) is 5.02 Å². The lowest BCUT2D eigenvalue weighted by Gasteiger charge is -2.11. The average Bonchev–Trinajstić information content (AvgIpc) is 2.60. The van der Waals surface area contributed by atoms with Crippen molar-refractivity contribution in [1.29, 1.82) is 0 Å². The number of nitrogens with zero attached hydrogens (tertiary/aromatic N) is 2. The lowest BCUT2D eigenvalue weighted by Crippen LogP contribution is -2.26. The Kier molecular flexibility index (Phi) is 2.93. The van der Waals surface area contributed by atoms with Crippen LogP contribution in [0, 0.1) is 0 Å². The summed E-state index contributed by atoms with van der Waals surface area (Å²) in [5.74, 6) is 0. The van der Waals surface area contributed by atoms with Crippen molar-refractivity contribution in [3.63, 3.8) is 0 Å². The molecule has 4 heteroatoms. The smallest absolute Gasteiger partial charge is 0.139 e. The quantitative estimate of drug-likeness (QED) is 0.866. The summed E-state index contributed by atoms with van der Waals surface area (Å²) in [6.07, 6.45) is 3.73. The molecule has 0 aliphatic carbocycles. The summed E-state index contributed by atoms with van der Waals surface area (Å²) in [5.41, 5.74) is 0.988. The summed E-state index contributed by atoms with van der Waals surface area (Å²) in [4.78, 5) is 4.33. The predicted octanol–water partition coefficient (Wildman–Crippen LogP) is 2.30. The lowest BCUT2D eigenvalue weighted by molar-refractivity contribution is 0.523. The molecule has 0 aliphatic rings. The van der Waals surface area contributed by atoms with Crippen LogP contribution in [0.4, 0.5) is 0 Å². The Hall–Kier alpha value is -1.06. The van der Waals surface area contributed by atoms with Gasteiger partial charge in [-0.15, -0.1) is 0 Å². The maximum Gasteiger partial charge on any atom is 0.139 e. The molecular formula is C11H14ClN3. The summed E-state index contributed by atoms with van der Waals surface area (Å²) < 4.78 is 2.13. The average molecular weight is 224 g/mol. The second kappa shape index (κ2) is 4.21. The van der Waals surface area contributed by atoms with Crippen molar-refractivity contribution in [2.45, 2.75) is 19.5 Å². The standard InChI is InChI=1S/C11H14ClN3/c1-8(13-2)7-15-4-3-9-5-10(12)6-14-11(9)15/h3-6,8,13H,7H2,1-2H3. The highest BCUT2D eigenvalue weighted by Gasteiger charge is 2.05. The molecule has 1 atom stereocenters. The molecule has 0 aliphatic heterocycles. The molecule has 0 fully saturated rings. The van der Waals surface area contributed by atoms with Crippen molar-refractivity contribution < 1.29 is 0 Å². The van der Waals surface area contributed by atoms with Gasteiger partial charge in [-0.3, -0.25) is 0 Å². The van der Waals surface area contributed by atoms with Crippen LogP contribution in [0.25, 0.3) is 11.0 Å². The van der Waals surface area contributed by atoms with Gasteiger partial charge in [0.05, 0.1) is 5.02 Å². The molecular weight excluding hydrogens is 210 g/mol. The Labute approximate surface area is 94.1 Å². The molecule has 0 amide bonds. The van der Waals surface area contributed by atoms with Gasteiger partial charge in [0.15, 0.2) is 0 Å². The molecule has 80 valence electrons. The largest absolute Gasteiger partial charge is 0.331 e. The van der Waals surface area contributed by atoms with Gasteiger partial charge in [0.1, 0.15) is 5.65 Å². The molecule has 15 heavy (non-hydrogen) atoms. The third-order valence-corrected chi connectivity index (χ3v) is 2.74. The molecule has 1 N–H and O–H groups in total. The van der Waals surface area contributed by atoms with E-state index in [2.05, 4.69) is 21.8 Å². The van der Waals surface area contributed by atoms with E-state index in [0.717, 1.165) is 17.6 Å². The molecule has 2 aromatic rings. The minimum Gasteiger partial charge on any atom is -0.331 e. The maximum absolute atomic E-state index is 5.88. The number of fused-ring (bicyclic) bond motifs is 1. The summed E-state index contributed by atoms with van der Waals surface area (Å²) in [6, 6.07) is 4.40. The first kappa shape index (κ1) is 10.5. The van der Waals surface area contributed by atoms with Gasteiger partial charge in [-0.05, 0) is 26.1 Å². The maximum atomic E-state index is 5.88. The summed E-state index contributed by atoms with van der Waals surface area (Å²) >= 11 is 5.88. The first-order valence-corrected chi connectivity index (χ1v) is 5.36. The Morgan fingerprint density at radius 3 is 3.13 bits per heavy atom. The van der Waals surface area contributed by atoms with Crippen molar-refractivity contribution in [3.8, 4) is 0 Å². The fraction of sp³-hybridized carbons (Fsp3) is 0.364. The third kappa shape index (κ3) is 2.13. The molecule has 3 nitrogen and oxygen atoms in total. The van der Waals surface area contributed by atoms with Gasteiger partial charge in [0, 0.05) is 30.4 Å². The minimum atomic E-state index is 0.429. The normalized spacial score (nSPS) is 13.3. The van der Waals surface area contributed by atoms with Crippen molar-refractivity contribution >= 4 is 22.6 Å². The Bertz CT molecular complexity index is 464. The van der Waals surface area contributed by atoms with Crippen molar-refractivity contribution in [3.05, 3.63) is 29.5 Å². The van der Waals surface area contributed by atoms with Crippen LogP contribution in [0.5, 0.6) is 0 Å². The Balaban J connectivity index is 2.36. The first-order chi connectivity index (χ1) is 7.20. The van der Waals surface area contributed by atoms with Crippen LogP contribution >= 0.6 is 11.6 Å². The lowest BCUT2D eigenvalue weighted by atomic mass is 10.3. The van der Waals surface area contributed by atoms with E-state index in [4.69, 9.17) is 11.6 Å². The van der Waals surface area contributed by atoms with Gasteiger partial charge in [-0.1, -0.05) is 11.6 Å². The fourth-order valence-electron chi connectivity index (χ4n) is 1.58. The van der Waals surface area contributed by atoms with E-state index in [1.54, 1.807) is 6.20 Å². The van der Waals surface area contributed by atoms with Gasteiger partial charge >= 0.3 is 0 Å². The molecule has 0 radical (unpaired) electrons. The second-order valence-corrected chi connectivity index (χ2v) is 4.16. The van der Waals surface area contributed by atoms with Gasteiger partial charge in [-0.25, -0.2) is 4.98 Å². The molecule has 2 rings (SSSR count). The van der Waals surface area contributed by atoms with E-state index < -0.39 is 0 Å². The highest BCUT2D eigenvalue weighted by Crippen LogP contribution is 2.17. The van der Waals surface area contributed by atoms with Crippen LogP contribution in [0.1, 0.15) is 6.92 Å². The highest BCUT2D eigenvalue weighted by molar-refractivity contribution is 6.31. The predicted molar refractivity (Wildman–Crippen MR) is 63.3 cm³/mol. The van der Waals surface area contributed by atoms with E-state index in [0.29, 0.717) is 11.1 Å². The van der Waals surface area contributed by atoms with Crippen LogP contribution in [0.3, 0.4) is 0 Å².